The Bertz CT molecular complexity index is 1540. The number of ether oxygens (including phenoxy) is 6. The SMILES string of the molecule is C=CC[C@@H]1/C=C(\C)C[C@H](C)C[C@H](OC)[C@H]2O[C@@](O)(C(=O)C(=O)N3CCCC[C@H]3C(=O)O[C@H](/C(C)=C/[C@@H]3CC[C@@H](OCCO)[C@H](OC)C3)[C@H](C)[C@@H](O)CC1=N)[C@H](C)C[C@@H]2OC.O. The summed E-state index contributed by atoms with van der Waals surface area (Å²) < 4.78 is 36.0. The number of piperidine rings is 1. The van der Waals surface area contributed by atoms with Gasteiger partial charge in [0.05, 0.1) is 43.7 Å². The van der Waals surface area contributed by atoms with Crippen LogP contribution < -0.4 is 0 Å². The molecule has 4 aliphatic rings. The van der Waals surface area contributed by atoms with Crippen molar-refractivity contribution < 1.29 is 63.6 Å². The van der Waals surface area contributed by atoms with E-state index in [4.69, 9.17) is 28.4 Å². The molecule has 3 heterocycles. The van der Waals surface area contributed by atoms with Gasteiger partial charge in [0.25, 0.3) is 11.7 Å². The molecule has 0 radical (unpaired) electrons. The summed E-state index contributed by atoms with van der Waals surface area (Å²) in [6.45, 7) is 13.6. The van der Waals surface area contributed by atoms with E-state index in [-0.39, 0.29) is 74.5 Å². The molecule has 61 heavy (non-hydrogen) atoms. The van der Waals surface area contributed by atoms with Crippen LogP contribution in [0.25, 0.3) is 0 Å². The second-order valence-electron chi connectivity index (χ2n) is 17.9. The Morgan fingerprint density at radius 1 is 0.984 bits per heavy atom. The van der Waals surface area contributed by atoms with E-state index in [1.165, 1.54) is 12.0 Å². The number of hydrogen-bond acceptors (Lipinski definition) is 13. The fraction of sp³-hybridized carbons (Fsp3) is 0.783. The lowest BCUT2D eigenvalue weighted by atomic mass is 9.81. The van der Waals surface area contributed by atoms with Crippen LogP contribution in [0.2, 0.25) is 0 Å². The van der Waals surface area contributed by atoms with Crippen molar-refractivity contribution in [3.05, 3.63) is 36.0 Å². The van der Waals surface area contributed by atoms with Gasteiger partial charge in [-0.15, -0.1) is 6.58 Å². The van der Waals surface area contributed by atoms with Crippen molar-refractivity contribution in [3.63, 3.8) is 0 Å². The summed E-state index contributed by atoms with van der Waals surface area (Å²) in [5.41, 5.74) is 2.07. The van der Waals surface area contributed by atoms with E-state index >= 15 is 0 Å². The number of aliphatic hydroxyl groups excluding tert-OH is 2. The van der Waals surface area contributed by atoms with Crippen LogP contribution in [0.15, 0.2) is 36.0 Å². The molecule has 1 amide bonds. The van der Waals surface area contributed by atoms with Gasteiger partial charge in [0.15, 0.2) is 0 Å². The average Bonchev–Trinajstić information content (AvgIpc) is 3.23. The number of allylic oxidation sites excluding steroid dienone is 4. The molecule has 15 nitrogen and oxygen atoms in total. The number of cyclic esters (lactones) is 1. The average molecular weight is 865 g/mol. The van der Waals surface area contributed by atoms with Gasteiger partial charge in [-0.05, 0) is 95.5 Å². The number of Topliss-reactive ketones (excluding diaryl/α,β-unsaturated/α-hetero) is 1. The van der Waals surface area contributed by atoms with Crippen molar-refractivity contribution in [2.75, 3.05) is 41.1 Å². The van der Waals surface area contributed by atoms with Gasteiger partial charge in [0.1, 0.15) is 18.2 Å². The van der Waals surface area contributed by atoms with E-state index in [0.29, 0.717) is 56.2 Å². The largest absolute Gasteiger partial charge is 0.456 e. The van der Waals surface area contributed by atoms with Crippen molar-refractivity contribution in [2.45, 2.75) is 160 Å². The molecule has 0 spiro atoms. The van der Waals surface area contributed by atoms with Crippen molar-refractivity contribution in [1.82, 2.24) is 4.90 Å². The third-order valence-electron chi connectivity index (χ3n) is 13.3. The number of nitrogens with zero attached hydrogens (tertiary/aromatic N) is 1. The third kappa shape index (κ3) is 13.1. The number of aliphatic hydroxyl groups is 3. The lowest BCUT2D eigenvalue weighted by Crippen LogP contribution is -2.64. The fourth-order valence-electron chi connectivity index (χ4n) is 9.84. The van der Waals surface area contributed by atoms with Crippen LogP contribution in [-0.2, 0) is 42.8 Å². The monoisotopic (exact) mass is 865 g/mol. The zero-order valence-corrected chi connectivity index (χ0v) is 37.8. The number of fused-ring (bicyclic) bond motifs is 3. The van der Waals surface area contributed by atoms with Crippen LogP contribution >= 0.6 is 0 Å². The summed E-state index contributed by atoms with van der Waals surface area (Å²) in [4.78, 5) is 44.2. The Morgan fingerprint density at radius 3 is 2.30 bits per heavy atom. The molecule has 2 saturated heterocycles. The summed E-state index contributed by atoms with van der Waals surface area (Å²) in [6, 6.07) is -1.12. The Kier molecular flexibility index (Phi) is 20.9. The van der Waals surface area contributed by atoms with Gasteiger partial charge in [-0.3, -0.25) is 9.59 Å². The van der Waals surface area contributed by atoms with Gasteiger partial charge < -0.3 is 59.5 Å². The Morgan fingerprint density at radius 2 is 1.66 bits per heavy atom. The van der Waals surface area contributed by atoms with Crippen molar-refractivity contribution in [2.24, 2.45) is 29.6 Å². The molecule has 0 aromatic rings. The number of methoxy groups -OCH3 is 3. The number of nitrogens with one attached hydrogen (secondary N) is 1. The molecule has 348 valence electrons. The lowest BCUT2D eigenvalue weighted by Gasteiger charge is -2.47. The first-order valence-electron chi connectivity index (χ1n) is 22.0. The summed E-state index contributed by atoms with van der Waals surface area (Å²) >= 11 is 0. The Balaban J connectivity index is 0.00000992. The molecular weight excluding hydrogens is 789 g/mol. The first kappa shape index (κ1) is 52.5. The second kappa shape index (κ2) is 24.3. The van der Waals surface area contributed by atoms with Crippen LogP contribution in [0.1, 0.15) is 105 Å². The highest BCUT2D eigenvalue weighted by atomic mass is 16.7. The Labute approximate surface area is 363 Å². The molecule has 3 aliphatic heterocycles. The molecule has 0 aromatic heterocycles. The van der Waals surface area contributed by atoms with Crippen molar-refractivity contribution in [1.29, 1.82) is 5.41 Å². The molecular formula is C46H76N2O13. The van der Waals surface area contributed by atoms with Gasteiger partial charge in [-0.1, -0.05) is 44.6 Å². The highest BCUT2D eigenvalue weighted by Crippen LogP contribution is 2.39. The van der Waals surface area contributed by atoms with Crippen LogP contribution in [0.5, 0.6) is 0 Å². The van der Waals surface area contributed by atoms with E-state index in [9.17, 15) is 35.1 Å². The fourth-order valence-corrected chi connectivity index (χ4v) is 9.84. The van der Waals surface area contributed by atoms with Crippen molar-refractivity contribution >= 4 is 23.4 Å². The normalized spacial score (nSPS) is 38.9. The molecule has 1 saturated carbocycles. The first-order valence-corrected chi connectivity index (χ1v) is 22.0. The topological polar surface area (TPSA) is 226 Å². The highest BCUT2D eigenvalue weighted by molar-refractivity contribution is 6.39. The molecule has 1 aliphatic carbocycles. The minimum absolute atomic E-state index is 0. The van der Waals surface area contributed by atoms with Crippen LogP contribution in [0.4, 0.5) is 0 Å². The minimum atomic E-state index is -2.50. The van der Waals surface area contributed by atoms with Crippen LogP contribution in [0.3, 0.4) is 0 Å². The summed E-state index contributed by atoms with van der Waals surface area (Å²) in [7, 11) is 4.71. The number of rotatable bonds is 10. The maximum Gasteiger partial charge on any atom is 0.329 e. The predicted molar refractivity (Wildman–Crippen MR) is 230 cm³/mol. The van der Waals surface area contributed by atoms with Crippen molar-refractivity contribution in [3.8, 4) is 0 Å². The van der Waals surface area contributed by atoms with Crippen LogP contribution in [-0.4, -0.2) is 145 Å². The number of esters is 1. The summed E-state index contributed by atoms with van der Waals surface area (Å²) in [5, 5.41) is 42.4. The van der Waals surface area contributed by atoms with Gasteiger partial charge >= 0.3 is 5.97 Å². The Hall–Kier alpha value is -2.86. The zero-order valence-electron chi connectivity index (χ0n) is 37.8. The van der Waals surface area contributed by atoms with E-state index in [0.717, 1.165) is 12.0 Å². The van der Waals surface area contributed by atoms with Gasteiger partial charge in [0, 0.05) is 57.8 Å². The maximum atomic E-state index is 14.4. The first-order chi connectivity index (χ1) is 28.5. The molecule has 15 heteroatoms. The maximum absolute atomic E-state index is 14.4. The number of hydrogen-bond donors (Lipinski definition) is 4. The van der Waals surface area contributed by atoms with E-state index in [1.54, 1.807) is 34.1 Å². The summed E-state index contributed by atoms with van der Waals surface area (Å²) in [6.07, 6.45) is 6.82. The molecule has 0 aromatic carbocycles. The molecule has 4 rings (SSSR count). The predicted octanol–water partition coefficient (Wildman–Crippen LogP) is 4.28. The van der Waals surface area contributed by atoms with E-state index in [1.807, 2.05) is 13.8 Å². The number of carbonyl (C=O) groups excluding carboxylic acids is 3. The standard InChI is InChI=1S/C46H74N2O12.H2O/c1-10-13-33-21-27(2)20-28(3)22-39(56-8)42-40(57-9)24-30(5)46(54,60-42)43(51)44(52)48-17-12-11-14-35(48)45(53)59-41(31(6)36(50)26-34(33)47)29(4)23-32-15-16-37(58-19-18-49)38(25-32)55-7;/h10,21,23,28,30-33,35-42,47,49-50,54H,1,11-20,22,24-26H2,2-9H3;1H2/b27-21+,29-23+,47-34?;/t28-,30+,31+,32-,33+,35-,36-,37+,38+,39-,40-,41+,42+,46+;/m0./s1. The molecule has 14 atom stereocenters. The molecule has 6 N–H and O–H groups in total. The number of ketones is 1. The second-order valence-corrected chi connectivity index (χ2v) is 17.9. The highest BCUT2D eigenvalue weighted by Gasteiger charge is 2.56. The van der Waals surface area contributed by atoms with Gasteiger partial charge in [0.2, 0.25) is 5.79 Å². The van der Waals surface area contributed by atoms with E-state index < -0.39 is 71.8 Å². The number of amides is 1. The summed E-state index contributed by atoms with van der Waals surface area (Å²) in [5.74, 6) is -7.13. The third-order valence-corrected chi connectivity index (χ3v) is 13.3. The van der Waals surface area contributed by atoms with Gasteiger partial charge in [-0.2, -0.15) is 0 Å². The van der Waals surface area contributed by atoms with E-state index in [2.05, 4.69) is 25.7 Å². The smallest absolute Gasteiger partial charge is 0.329 e. The molecule has 2 bridgehead atoms. The molecule has 0 unspecified atom stereocenters. The quantitative estimate of drug-likeness (QED) is 0.137. The zero-order chi connectivity index (χ0) is 44.3. The van der Waals surface area contributed by atoms with Crippen LogP contribution in [0, 0.1) is 35.0 Å². The minimum Gasteiger partial charge on any atom is -0.456 e. The molecule has 3 fully saturated rings. The number of carbonyl (C=O) groups is 3. The lowest BCUT2D eigenvalue weighted by molar-refractivity contribution is -0.302. The van der Waals surface area contributed by atoms with Gasteiger partial charge in [-0.25, -0.2) is 4.79 Å².